The Hall–Kier alpha value is -1.77. The molecule has 0 unspecified atom stereocenters. The number of aryl methyl sites for hydroxylation is 1. The van der Waals surface area contributed by atoms with Crippen molar-refractivity contribution in [1.29, 1.82) is 0 Å². The van der Waals surface area contributed by atoms with E-state index in [0.29, 0.717) is 6.42 Å². The smallest absolute Gasteiger partial charge is 0.303 e. The molecule has 1 aromatic rings. The van der Waals surface area contributed by atoms with Gasteiger partial charge in [-0.2, -0.15) is 0 Å². The Morgan fingerprint density at radius 1 is 1.50 bits per heavy atom. The molecule has 0 aliphatic carbocycles. The summed E-state index contributed by atoms with van der Waals surface area (Å²) in [6.45, 7) is 2.00. The fraction of sp³-hybridized carbons (Fsp3) is 0.308. The monoisotopic (exact) mass is 220 g/mol. The highest BCUT2D eigenvalue weighted by Gasteiger charge is 1.99. The van der Waals surface area contributed by atoms with Crippen molar-refractivity contribution in [3.63, 3.8) is 0 Å². The van der Waals surface area contributed by atoms with Crippen LogP contribution in [0.15, 0.2) is 24.3 Å². The zero-order chi connectivity index (χ0) is 12.0. The van der Waals surface area contributed by atoms with Crippen LogP contribution in [0.4, 0.5) is 0 Å². The predicted octanol–water partition coefficient (Wildman–Crippen LogP) is 2.88. The number of rotatable bonds is 5. The molecule has 0 fully saturated rings. The van der Waals surface area contributed by atoms with Gasteiger partial charge in [-0.1, -0.05) is 24.3 Å². The molecule has 0 aromatic heterocycles. The van der Waals surface area contributed by atoms with Gasteiger partial charge in [0.15, 0.2) is 0 Å². The quantitative estimate of drug-likeness (QED) is 0.829. The molecule has 16 heavy (non-hydrogen) atoms. The summed E-state index contributed by atoms with van der Waals surface area (Å²) in [6, 6.07) is 5.92. The third-order valence-electron chi connectivity index (χ3n) is 2.21. The number of hydrogen-bond acceptors (Lipinski definition) is 2. The molecule has 0 heterocycles. The van der Waals surface area contributed by atoms with Crippen molar-refractivity contribution in [3.8, 4) is 5.75 Å². The van der Waals surface area contributed by atoms with Gasteiger partial charge in [-0.3, -0.25) is 4.79 Å². The predicted molar refractivity (Wildman–Crippen MR) is 63.6 cm³/mol. The maximum atomic E-state index is 10.3. The molecule has 1 aromatic carbocycles. The highest BCUT2D eigenvalue weighted by Crippen LogP contribution is 2.21. The highest BCUT2D eigenvalue weighted by atomic mass is 16.5. The number of hydrogen-bond donors (Lipinski definition) is 1. The first-order valence-corrected chi connectivity index (χ1v) is 5.16. The second-order valence-electron chi connectivity index (χ2n) is 3.58. The van der Waals surface area contributed by atoms with Crippen LogP contribution in [-0.2, 0) is 4.79 Å². The number of carbonyl (C=O) groups is 1. The lowest BCUT2D eigenvalue weighted by molar-refractivity contribution is -0.136. The van der Waals surface area contributed by atoms with Crippen LogP contribution in [0.1, 0.15) is 24.0 Å². The Bertz CT molecular complexity index is 394. The first-order valence-electron chi connectivity index (χ1n) is 5.16. The molecular weight excluding hydrogens is 204 g/mol. The van der Waals surface area contributed by atoms with E-state index in [1.807, 2.05) is 37.3 Å². The van der Waals surface area contributed by atoms with E-state index in [2.05, 4.69) is 0 Å². The maximum Gasteiger partial charge on any atom is 0.303 e. The molecule has 0 spiro atoms. The second kappa shape index (κ2) is 5.95. The molecule has 0 aliphatic heterocycles. The van der Waals surface area contributed by atoms with Gasteiger partial charge >= 0.3 is 5.97 Å². The molecule has 0 saturated heterocycles. The minimum absolute atomic E-state index is 0.157. The third kappa shape index (κ3) is 3.77. The van der Waals surface area contributed by atoms with Gasteiger partial charge in [0.1, 0.15) is 5.75 Å². The summed E-state index contributed by atoms with van der Waals surface area (Å²) in [7, 11) is 1.63. The minimum atomic E-state index is -0.777. The molecule has 0 amide bonds. The van der Waals surface area contributed by atoms with Crippen LogP contribution >= 0.6 is 0 Å². The summed E-state index contributed by atoms with van der Waals surface area (Å²) in [4.78, 5) is 10.3. The largest absolute Gasteiger partial charge is 0.496 e. The number of benzene rings is 1. The van der Waals surface area contributed by atoms with Crippen LogP contribution in [0.25, 0.3) is 6.08 Å². The standard InChI is InChI=1S/C13H16O3/c1-10-7-8-11(12(9-10)16-2)5-3-4-6-13(14)15/h3,5,7-9H,4,6H2,1-2H3,(H,14,15). The Morgan fingerprint density at radius 3 is 2.88 bits per heavy atom. The van der Waals surface area contributed by atoms with Crippen molar-refractivity contribution in [2.45, 2.75) is 19.8 Å². The van der Waals surface area contributed by atoms with Gasteiger partial charge in [0.05, 0.1) is 7.11 Å². The van der Waals surface area contributed by atoms with Gasteiger partial charge in [-0.05, 0) is 25.0 Å². The van der Waals surface area contributed by atoms with Gasteiger partial charge in [-0.15, -0.1) is 0 Å². The Morgan fingerprint density at radius 2 is 2.25 bits per heavy atom. The van der Waals surface area contributed by atoms with Crippen LogP contribution in [0.5, 0.6) is 5.75 Å². The molecule has 0 atom stereocenters. The number of ether oxygens (including phenoxy) is 1. The van der Waals surface area contributed by atoms with Crippen molar-refractivity contribution in [2.75, 3.05) is 7.11 Å². The molecule has 0 radical (unpaired) electrons. The van der Waals surface area contributed by atoms with Gasteiger partial charge in [0.25, 0.3) is 0 Å². The number of methoxy groups -OCH3 is 1. The van der Waals surface area contributed by atoms with E-state index in [0.717, 1.165) is 16.9 Å². The lowest BCUT2D eigenvalue weighted by Crippen LogP contribution is -1.91. The van der Waals surface area contributed by atoms with E-state index in [9.17, 15) is 4.79 Å². The zero-order valence-electron chi connectivity index (χ0n) is 9.56. The zero-order valence-corrected chi connectivity index (χ0v) is 9.56. The van der Waals surface area contributed by atoms with E-state index in [1.54, 1.807) is 7.11 Å². The maximum absolute atomic E-state index is 10.3. The molecule has 0 aliphatic rings. The Labute approximate surface area is 95.4 Å². The van der Waals surface area contributed by atoms with Crippen LogP contribution in [0.2, 0.25) is 0 Å². The van der Waals surface area contributed by atoms with Gasteiger partial charge in [-0.25, -0.2) is 0 Å². The molecule has 3 heteroatoms. The fourth-order valence-corrected chi connectivity index (χ4v) is 1.37. The number of aliphatic carboxylic acids is 1. The SMILES string of the molecule is COc1cc(C)ccc1C=CCCC(=O)O. The molecule has 1 rings (SSSR count). The van der Waals surface area contributed by atoms with E-state index in [-0.39, 0.29) is 6.42 Å². The number of allylic oxidation sites excluding steroid dienone is 1. The van der Waals surface area contributed by atoms with Gasteiger partial charge in [0.2, 0.25) is 0 Å². The summed E-state index contributed by atoms with van der Waals surface area (Å²) in [5, 5.41) is 8.49. The fourth-order valence-electron chi connectivity index (χ4n) is 1.37. The molecule has 0 saturated carbocycles. The van der Waals surface area contributed by atoms with E-state index >= 15 is 0 Å². The minimum Gasteiger partial charge on any atom is -0.496 e. The molecule has 0 bridgehead atoms. The second-order valence-corrected chi connectivity index (χ2v) is 3.58. The summed E-state index contributed by atoms with van der Waals surface area (Å²) >= 11 is 0. The topological polar surface area (TPSA) is 46.5 Å². The average molecular weight is 220 g/mol. The summed E-state index contributed by atoms with van der Waals surface area (Å²) in [6.07, 6.45) is 4.43. The molecule has 86 valence electrons. The average Bonchev–Trinajstić information content (AvgIpc) is 2.25. The summed E-state index contributed by atoms with van der Waals surface area (Å²) in [5.41, 5.74) is 2.11. The van der Waals surface area contributed by atoms with Crippen LogP contribution in [0, 0.1) is 6.92 Å². The molecule has 1 N–H and O–H groups in total. The van der Waals surface area contributed by atoms with Gasteiger partial charge in [0, 0.05) is 12.0 Å². The molecular formula is C13H16O3. The van der Waals surface area contributed by atoms with Crippen molar-refractivity contribution in [2.24, 2.45) is 0 Å². The van der Waals surface area contributed by atoms with Crippen molar-refractivity contribution < 1.29 is 14.6 Å². The van der Waals surface area contributed by atoms with Crippen LogP contribution < -0.4 is 4.74 Å². The first-order chi connectivity index (χ1) is 7.63. The Kier molecular flexibility index (Phi) is 4.58. The summed E-state index contributed by atoms with van der Waals surface area (Å²) < 4.78 is 5.24. The Balaban J connectivity index is 2.69. The highest BCUT2D eigenvalue weighted by molar-refractivity contribution is 5.67. The lowest BCUT2D eigenvalue weighted by Gasteiger charge is -2.05. The van der Waals surface area contributed by atoms with Crippen molar-refractivity contribution in [3.05, 3.63) is 35.4 Å². The van der Waals surface area contributed by atoms with Gasteiger partial charge < -0.3 is 9.84 Å². The third-order valence-corrected chi connectivity index (χ3v) is 2.21. The lowest BCUT2D eigenvalue weighted by atomic mass is 10.1. The van der Waals surface area contributed by atoms with E-state index in [1.165, 1.54) is 0 Å². The summed E-state index contributed by atoms with van der Waals surface area (Å²) in [5.74, 6) is 0.0343. The van der Waals surface area contributed by atoms with E-state index < -0.39 is 5.97 Å². The van der Waals surface area contributed by atoms with Crippen LogP contribution in [-0.4, -0.2) is 18.2 Å². The van der Waals surface area contributed by atoms with E-state index in [4.69, 9.17) is 9.84 Å². The number of carboxylic acid groups (broad SMARTS) is 1. The normalized spacial score (nSPS) is 10.6. The first kappa shape index (κ1) is 12.3. The molecule has 3 nitrogen and oxygen atoms in total. The number of carboxylic acids is 1. The van der Waals surface area contributed by atoms with Crippen LogP contribution in [0.3, 0.4) is 0 Å². The van der Waals surface area contributed by atoms with Crippen molar-refractivity contribution in [1.82, 2.24) is 0 Å². The van der Waals surface area contributed by atoms with Crippen molar-refractivity contribution >= 4 is 12.0 Å².